The number of primary amides is 1. The van der Waals surface area contributed by atoms with E-state index in [2.05, 4.69) is 20.9 Å². The van der Waals surface area contributed by atoms with Gasteiger partial charge in [0.05, 0.1) is 24.9 Å². The number of rotatable bonds is 7. The molecule has 0 fully saturated rings. The number of anilines is 2. The standard InChI is InChI=1S/C21H21N5O4S/c1-12-7-8-16(15(9-12)18(27)14-5-3-4-6-17(14)30-2)25-20(29)26-21-24-11-13(31-21)10-23-19(22)28/h3-9,11H,10H2,1-2H3,(H3,22,23,28)(H2,24,25,26,29). The molecule has 9 nitrogen and oxygen atoms in total. The molecule has 0 saturated carbocycles. The number of hydrogen-bond donors (Lipinski definition) is 4. The number of amides is 4. The molecule has 10 heteroatoms. The van der Waals surface area contributed by atoms with Gasteiger partial charge in [-0.2, -0.15) is 0 Å². The molecule has 0 saturated heterocycles. The lowest BCUT2D eigenvalue weighted by Gasteiger charge is -2.13. The minimum atomic E-state index is -0.646. The van der Waals surface area contributed by atoms with Crippen LogP contribution in [0.2, 0.25) is 0 Å². The van der Waals surface area contributed by atoms with Crippen molar-refractivity contribution in [3.63, 3.8) is 0 Å². The second-order valence-electron chi connectivity index (χ2n) is 6.51. The lowest BCUT2D eigenvalue weighted by molar-refractivity contribution is 0.103. The third-order valence-corrected chi connectivity index (χ3v) is 5.14. The van der Waals surface area contributed by atoms with Crippen molar-refractivity contribution in [2.75, 3.05) is 17.7 Å². The Hall–Kier alpha value is -3.92. The number of carbonyl (C=O) groups excluding carboxylic acids is 3. The molecule has 5 N–H and O–H groups in total. The maximum Gasteiger partial charge on any atom is 0.325 e. The molecule has 2 aromatic carbocycles. The van der Waals surface area contributed by atoms with Gasteiger partial charge in [0.2, 0.25) is 0 Å². The maximum atomic E-state index is 13.2. The van der Waals surface area contributed by atoms with Crippen molar-refractivity contribution < 1.29 is 19.1 Å². The van der Waals surface area contributed by atoms with E-state index < -0.39 is 12.1 Å². The van der Waals surface area contributed by atoms with Crippen LogP contribution in [0.1, 0.15) is 26.4 Å². The number of hydrogen-bond acceptors (Lipinski definition) is 6. The number of nitrogens with zero attached hydrogens (tertiary/aromatic N) is 1. The highest BCUT2D eigenvalue weighted by Gasteiger charge is 2.19. The molecule has 0 aliphatic carbocycles. The van der Waals surface area contributed by atoms with E-state index in [-0.39, 0.29) is 12.3 Å². The Morgan fingerprint density at radius 1 is 1.10 bits per heavy atom. The molecule has 3 aromatic rings. The summed E-state index contributed by atoms with van der Waals surface area (Å²) in [5.74, 6) is 0.176. The third-order valence-electron chi connectivity index (χ3n) is 4.23. The molecular formula is C21H21N5O4S. The Kier molecular flexibility index (Phi) is 6.83. The van der Waals surface area contributed by atoms with E-state index in [0.717, 1.165) is 10.4 Å². The molecule has 31 heavy (non-hydrogen) atoms. The molecular weight excluding hydrogens is 418 g/mol. The molecule has 0 aliphatic rings. The van der Waals surface area contributed by atoms with Gasteiger partial charge in [-0.05, 0) is 31.2 Å². The van der Waals surface area contributed by atoms with Crippen molar-refractivity contribution in [2.24, 2.45) is 5.73 Å². The Morgan fingerprint density at radius 2 is 1.87 bits per heavy atom. The van der Waals surface area contributed by atoms with Gasteiger partial charge in [0.15, 0.2) is 10.9 Å². The number of nitrogens with two attached hydrogens (primary N) is 1. The first-order chi connectivity index (χ1) is 14.9. The predicted molar refractivity (Wildman–Crippen MR) is 119 cm³/mol. The summed E-state index contributed by atoms with van der Waals surface area (Å²) in [4.78, 5) is 41.3. The Morgan fingerprint density at radius 3 is 2.61 bits per heavy atom. The number of benzene rings is 2. The van der Waals surface area contributed by atoms with Crippen LogP contribution < -0.4 is 26.4 Å². The quantitative estimate of drug-likeness (QED) is 0.418. The second-order valence-corrected chi connectivity index (χ2v) is 7.62. The molecule has 0 radical (unpaired) electrons. The highest BCUT2D eigenvalue weighted by Crippen LogP contribution is 2.26. The van der Waals surface area contributed by atoms with Gasteiger partial charge in [0, 0.05) is 16.6 Å². The van der Waals surface area contributed by atoms with Gasteiger partial charge in [0.25, 0.3) is 0 Å². The fourth-order valence-corrected chi connectivity index (χ4v) is 3.55. The molecule has 160 valence electrons. The molecule has 1 heterocycles. The van der Waals surface area contributed by atoms with Gasteiger partial charge >= 0.3 is 12.1 Å². The van der Waals surface area contributed by atoms with Crippen LogP contribution in [0.3, 0.4) is 0 Å². The van der Waals surface area contributed by atoms with Gasteiger partial charge in [-0.1, -0.05) is 35.1 Å². The van der Waals surface area contributed by atoms with Gasteiger partial charge in [-0.3, -0.25) is 10.1 Å². The van der Waals surface area contributed by atoms with Gasteiger partial charge in [-0.25, -0.2) is 14.6 Å². The average molecular weight is 439 g/mol. The van der Waals surface area contributed by atoms with Crippen LogP contribution in [-0.4, -0.2) is 29.9 Å². The van der Waals surface area contributed by atoms with Gasteiger partial charge < -0.3 is 21.1 Å². The van der Waals surface area contributed by atoms with Crippen molar-refractivity contribution in [2.45, 2.75) is 13.5 Å². The highest BCUT2D eigenvalue weighted by atomic mass is 32.1. The Labute approximate surface area is 182 Å². The lowest BCUT2D eigenvalue weighted by Crippen LogP contribution is -2.28. The summed E-state index contributed by atoms with van der Waals surface area (Å²) in [6.45, 7) is 2.08. The Bertz CT molecular complexity index is 1130. The van der Waals surface area contributed by atoms with E-state index in [4.69, 9.17) is 10.5 Å². The smallest absolute Gasteiger partial charge is 0.325 e. The van der Waals surface area contributed by atoms with Crippen molar-refractivity contribution in [3.05, 3.63) is 70.2 Å². The first kappa shape index (κ1) is 21.8. The number of urea groups is 2. The average Bonchev–Trinajstić information content (AvgIpc) is 3.20. The summed E-state index contributed by atoms with van der Waals surface area (Å²) in [7, 11) is 1.50. The zero-order chi connectivity index (χ0) is 22.4. The van der Waals surface area contributed by atoms with Crippen molar-refractivity contribution in [1.29, 1.82) is 0 Å². The minimum Gasteiger partial charge on any atom is -0.496 e. The summed E-state index contributed by atoms with van der Waals surface area (Å²) in [5.41, 5.74) is 7.00. The van der Waals surface area contributed by atoms with E-state index in [0.29, 0.717) is 27.7 Å². The largest absolute Gasteiger partial charge is 0.496 e. The second kappa shape index (κ2) is 9.72. The fourth-order valence-electron chi connectivity index (χ4n) is 2.80. The van der Waals surface area contributed by atoms with E-state index in [9.17, 15) is 14.4 Å². The number of ether oxygens (including phenoxy) is 1. The SMILES string of the molecule is COc1ccccc1C(=O)c1cc(C)ccc1NC(=O)Nc1ncc(CNC(N)=O)s1. The zero-order valence-corrected chi connectivity index (χ0v) is 17.7. The number of ketones is 1. The van der Waals surface area contributed by atoms with Crippen molar-refractivity contribution in [1.82, 2.24) is 10.3 Å². The number of aromatic nitrogens is 1. The lowest BCUT2D eigenvalue weighted by atomic mass is 9.99. The molecule has 1 aromatic heterocycles. The monoisotopic (exact) mass is 439 g/mol. The first-order valence-electron chi connectivity index (χ1n) is 9.21. The summed E-state index contributed by atoms with van der Waals surface area (Å²) >= 11 is 1.19. The summed E-state index contributed by atoms with van der Waals surface area (Å²) in [6.07, 6.45) is 1.53. The molecule has 3 rings (SSSR count). The molecule has 4 amide bonds. The van der Waals surface area contributed by atoms with E-state index >= 15 is 0 Å². The van der Waals surface area contributed by atoms with Crippen LogP contribution in [0.5, 0.6) is 5.75 Å². The number of nitrogens with one attached hydrogen (secondary N) is 3. The topological polar surface area (TPSA) is 135 Å². The molecule has 0 spiro atoms. The van der Waals surface area contributed by atoms with Crippen LogP contribution in [0.25, 0.3) is 0 Å². The van der Waals surface area contributed by atoms with Gasteiger partial charge in [-0.15, -0.1) is 0 Å². The summed E-state index contributed by atoms with van der Waals surface area (Å²) < 4.78 is 5.29. The molecule has 0 unspecified atom stereocenters. The Balaban J connectivity index is 1.77. The van der Waals surface area contributed by atoms with Crippen molar-refractivity contribution in [3.8, 4) is 5.75 Å². The highest BCUT2D eigenvalue weighted by molar-refractivity contribution is 7.15. The summed E-state index contributed by atoms with van der Waals surface area (Å²) in [5, 5.41) is 8.11. The van der Waals surface area contributed by atoms with Crippen LogP contribution in [-0.2, 0) is 6.54 Å². The van der Waals surface area contributed by atoms with E-state index in [1.165, 1.54) is 24.6 Å². The number of methoxy groups -OCH3 is 1. The number of para-hydroxylation sites is 1. The normalized spacial score (nSPS) is 10.3. The van der Waals surface area contributed by atoms with Crippen LogP contribution in [0.15, 0.2) is 48.7 Å². The third kappa shape index (κ3) is 5.58. The van der Waals surface area contributed by atoms with E-state index in [1.54, 1.807) is 42.5 Å². The van der Waals surface area contributed by atoms with Crippen LogP contribution in [0, 0.1) is 6.92 Å². The molecule has 0 aliphatic heterocycles. The fraction of sp³-hybridized carbons (Fsp3) is 0.143. The van der Waals surface area contributed by atoms with Crippen molar-refractivity contribution >= 4 is 40.0 Å². The predicted octanol–water partition coefficient (Wildman–Crippen LogP) is 3.50. The number of thiazole rings is 1. The van der Waals surface area contributed by atoms with Crippen LogP contribution >= 0.6 is 11.3 Å². The number of aryl methyl sites for hydroxylation is 1. The van der Waals surface area contributed by atoms with Gasteiger partial charge in [0.1, 0.15) is 5.75 Å². The zero-order valence-electron chi connectivity index (χ0n) is 16.9. The minimum absolute atomic E-state index is 0.214. The number of carbonyl (C=O) groups is 3. The molecule has 0 bridgehead atoms. The maximum absolute atomic E-state index is 13.2. The first-order valence-corrected chi connectivity index (χ1v) is 10.0. The summed E-state index contributed by atoms with van der Waals surface area (Å²) in [6, 6.07) is 10.9. The van der Waals surface area contributed by atoms with Crippen LogP contribution in [0.4, 0.5) is 20.4 Å². The molecule has 0 atom stereocenters. The van der Waals surface area contributed by atoms with E-state index in [1.807, 2.05) is 6.92 Å².